The van der Waals surface area contributed by atoms with Gasteiger partial charge in [-0.15, -0.1) is 0 Å². The summed E-state index contributed by atoms with van der Waals surface area (Å²) < 4.78 is 7.23. The van der Waals surface area contributed by atoms with Gasteiger partial charge in [-0.1, -0.05) is 44.2 Å². The Morgan fingerprint density at radius 1 is 0.933 bits per heavy atom. The summed E-state index contributed by atoms with van der Waals surface area (Å²) in [5, 5.41) is 0.752. The summed E-state index contributed by atoms with van der Waals surface area (Å²) in [6.07, 6.45) is 2.28. The van der Waals surface area contributed by atoms with Gasteiger partial charge in [-0.2, -0.15) is 0 Å². The topological polar surface area (TPSA) is 158 Å². The Labute approximate surface area is 263 Å². The lowest BCUT2D eigenvalue weighted by Crippen LogP contribution is -2.53. The van der Waals surface area contributed by atoms with Crippen molar-refractivity contribution in [2.45, 2.75) is 77.6 Å². The number of para-hydroxylation sites is 1. The normalized spacial score (nSPS) is 15.4. The second-order valence-corrected chi connectivity index (χ2v) is 13.0. The molecule has 3 amide bonds. The van der Waals surface area contributed by atoms with E-state index >= 15 is 0 Å². The number of likely N-dealkylation sites (N-methyl/N-ethyl adjacent to an activating group) is 1. The number of amides is 3. The van der Waals surface area contributed by atoms with Gasteiger partial charge in [0, 0.05) is 18.1 Å². The Morgan fingerprint density at radius 2 is 1.51 bits per heavy atom. The molecule has 4 rings (SSSR count). The van der Waals surface area contributed by atoms with E-state index in [0.717, 1.165) is 10.3 Å². The zero-order chi connectivity index (χ0) is 33.2. The molecule has 3 atom stereocenters. The average Bonchev–Trinajstić information content (AvgIpc) is 3.44. The fourth-order valence-electron chi connectivity index (χ4n) is 5.80. The molecular weight excluding hydrogens is 574 g/mol. The van der Waals surface area contributed by atoms with Crippen LogP contribution in [0.5, 0.6) is 0 Å². The highest BCUT2D eigenvalue weighted by Gasteiger charge is 2.39. The lowest BCUT2D eigenvalue weighted by molar-refractivity contribution is -0.162. The standard InChI is InChI=1S/C34H43N5O6/c1-20(2)17-25(35)32(43)39-19-21(22-11-9-10-14-26(22)39)18-28(29(36)40)37(6)27(33(44)45-34(3,4)5)15-16-38-30(41)23-12-7-8-13-24(23)31(38)42/h7-14,19-20,25,27-28H,15-18,35H2,1-6H3,(H2,36,40)/t25-,27+,28-/m0/s1. The van der Waals surface area contributed by atoms with E-state index in [4.69, 9.17) is 16.2 Å². The molecule has 1 aliphatic rings. The number of ether oxygens (including phenoxy) is 1. The van der Waals surface area contributed by atoms with E-state index in [1.54, 1.807) is 58.3 Å². The molecule has 3 aromatic rings. The number of aromatic nitrogens is 1. The Balaban J connectivity index is 1.64. The predicted molar refractivity (Wildman–Crippen MR) is 171 cm³/mol. The van der Waals surface area contributed by atoms with Crippen LogP contribution in [0, 0.1) is 5.92 Å². The molecule has 0 unspecified atom stereocenters. The van der Waals surface area contributed by atoms with Crippen LogP contribution >= 0.6 is 0 Å². The van der Waals surface area contributed by atoms with Crippen LogP contribution in [-0.2, 0) is 20.7 Å². The molecule has 240 valence electrons. The summed E-state index contributed by atoms with van der Waals surface area (Å²) in [4.78, 5) is 68.6. The summed E-state index contributed by atoms with van der Waals surface area (Å²) in [7, 11) is 1.59. The zero-order valence-electron chi connectivity index (χ0n) is 26.8. The molecule has 1 aliphatic heterocycles. The van der Waals surface area contributed by atoms with Crippen LogP contribution in [0.25, 0.3) is 10.9 Å². The van der Waals surface area contributed by atoms with Crippen LogP contribution in [-0.4, -0.2) is 81.3 Å². The highest BCUT2D eigenvalue weighted by Crippen LogP contribution is 2.27. The fourth-order valence-corrected chi connectivity index (χ4v) is 5.80. The summed E-state index contributed by atoms with van der Waals surface area (Å²) in [5.74, 6) is -2.23. The highest BCUT2D eigenvalue weighted by molar-refractivity contribution is 6.21. The number of nitrogens with zero attached hydrogens (tertiary/aromatic N) is 3. The van der Waals surface area contributed by atoms with Gasteiger partial charge in [0.2, 0.25) is 11.8 Å². The third-order valence-corrected chi connectivity index (χ3v) is 7.98. The van der Waals surface area contributed by atoms with Crippen LogP contribution in [0.4, 0.5) is 0 Å². The second-order valence-electron chi connectivity index (χ2n) is 13.0. The van der Waals surface area contributed by atoms with Crippen molar-refractivity contribution < 1.29 is 28.7 Å². The smallest absolute Gasteiger partial charge is 0.323 e. The van der Waals surface area contributed by atoms with Crippen molar-refractivity contribution in [1.29, 1.82) is 0 Å². The molecule has 4 N–H and O–H groups in total. The molecule has 0 saturated heterocycles. The number of rotatable bonds is 12. The molecule has 11 nitrogen and oxygen atoms in total. The SMILES string of the molecule is CC(C)C[C@H](N)C(=O)n1cc(C[C@@H](C(N)=O)N(C)[C@H](CCN2C(=O)c3ccccc3C2=O)C(=O)OC(C)(C)C)c2ccccc21. The quantitative estimate of drug-likeness (QED) is 0.231. The van der Waals surface area contributed by atoms with E-state index < -0.39 is 47.4 Å². The maximum absolute atomic E-state index is 13.6. The second kappa shape index (κ2) is 13.3. The summed E-state index contributed by atoms with van der Waals surface area (Å²) in [6.45, 7) is 9.10. The molecule has 45 heavy (non-hydrogen) atoms. The minimum atomic E-state index is -1.03. The lowest BCUT2D eigenvalue weighted by atomic mass is 10.0. The van der Waals surface area contributed by atoms with E-state index in [0.29, 0.717) is 28.6 Å². The average molecular weight is 618 g/mol. The third kappa shape index (κ3) is 7.32. The van der Waals surface area contributed by atoms with Crippen LogP contribution in [0.2, 0.25) is 0 Å². The molecule has 0 spiro atoms. The Hall–Kier alpha value is -4.35. The van der Waals surface area contributed by atoms with E-state index in [2.05, 4.69) is 0 Å². The molecule has 1 aromatic heterocycles. The van der Waals surface area contributed by atoms with Gasteiger partial charge in [0.1, 0.15) is 11.6 Å². The Morgan fingerprint density at radius 3 is 2.07 bits per heavy atom. The van der Waals surface area contributed by atoms with Gasteiger partial charge >= 0.3 is 5.97 Å². The van der Waals surface area contributed by atoms with Crippen LogP contribution < -0.4 is 11.5 Å². The minimum absolute atomic E-state index is 0.00492. The number of esters is 1. The van der Waals surface area contributed by atoms with Crippen molar-refractivity contribution in [3.63, 3.8) is 0 Å². The molecular formula is C34H43N5O6. The molecule has 0 aliphatic carbocycles. The van der Waals surface area contributed by atoms with Gasteiger partial charge in [-0.25, -0.2) is 0 Å². The molecule has 2 aromatic carbocycles. The van der Waals surface area contributed by atoms with Crippen molar-refractivity contribution in [3.8, 4) is 0 Å². The summed E-state index contributed by atoms with van der Waals surface area (Å²) >= 11 is 0. The number of carbonyl (C=O) groups excluding carboxylic acids is 5. The van der Waals surface area contributed by atoms with E-state index in [9.17, 15) is 24.0 Å². The van der Waals surface area contributed by atoms with Crippen molar-refractivity contribution in [2.24, 2.45) is 17.4 Å². The highest BCUT2D eigenvalue weighted by atomic mass is 16.6. The van der Waals surface area contributed by atoms with E-state index in [1.807, 2.05) is 38.1 Å². The van der Waals surface area contributed by atoms with Gasteiger partial charge in [0.25, 0.3) is 11.8 Å². The van der Waals surface area contributed by atoms with Crippen molar-refractivity contribution in [3.05, 3.63) is 71.4 Å². The maximum Gasteiger partial charge on any atom is 0.323 e. The first kappa shape index (κ1) is 33.5. The number of nitrogens with two attached hydrogens (primary N) is 2. The van der Waals surface area contributed by atoms with Crippen molar-refractivity contribution in [1.82, 2.24) is 14.4 Å². The van der Waals surface area contributed by atoms with E-state index in [-0.39, 0.29) is 31.2 Å². The van der Waals surface area contributed by atoms with Crippen LogP contribution in [0.1, 0.15) is 78.5 Å². The molecule has 2 heterocycles. The summed E-state index contributed by atoms with van der Waals surface area (Å²) in [6, 6.07) is 11.1. The summed E-state index contributed by atoms with van der Waals surface area (Å²) in [5.41, 5.74) is 13.3. The first-order chi connectivity index (χ1) is 21.1. The van der Waals surface area contributed by atoms with Gasteiger partial charge in [0.05, 0.1) is 28.7 Å². The van der Waals surface area contributed by atoms with Crippen LogP contribution in [0.15, 0.2) is 54.7 Å². The Kier molecular flexibility index (Phi) is 9.94. The number of hydrogen-bond donors (Lipinski definition) is 2. The largest absolute Gasteiger partial charge is 0.459 e. The number of carbonyl (C=O) groups is 5. The number of hydrogen-bond acceptors (Lipinski definition) is 8. The number of imide groups is 1. The van der Waals surface area contributed by atoms with Gasteiger partial charge in [0.15, 0.2) is 0 Å². The van der Waals surface area contributed by atoms with Crippen molar-refractivity contribution in [2.75, 3.05) is 13.6 Å². The number of primary amides is 1. The number of fused-ring (bicyclic) bond motifs is 2. The van der Waals surface area contributed by atoms with Gasteiger partial charge in [-0.05, 0) is 76.8 Å². The minimum Gasteiger partial charge on any atom is -0.459 e. The third-order valence-electron chi connectivity index (χ3n) is 7.98. The molecule has 0 radical (unpaired) electrons. The van der Waals surface area contributed by atoms with Crippen LogP contribution in [0.3, 0.4) is 0 Å². The van der Waals surface area contributed by atoms with E-state index in [1.165, 1.54) is 9.47 Å². The predicted octanol–water partition coefficient (Wildman–Crippen LogP) is 3.38. The molecule has 0 bridgehead atoms. The zero-order valence-corrected chi connectivity index (χ0v) is 26.8. The van der Waals surface area contributed by atoms with Gasteiger partial charge in [-0.3, -0.25) is 38.3 Å². The Bertz CT molecular complexity index is 1590. The molecule has 0 saturated carbocycles. The monoisotopic (exact) mass is 617 g/mol. The fraction of sp³-hybridized carbons (Fsp3) is 0.441. The molecule has 11 heteroatoms. The maximum atomic E-state index is 13.6. The van der Waals surface area contributed by atoms with Crippen molar-refractivity contribution >= 4 is 40.5 Å². The first-order valence-corrected chi connectivity index (χ1v) is 15.2. The first-order valence-electron chi connectivity index (χ1n) is 15.2. The lowest BCUT2D eigenvalue weighted by Gasteiger charge is -2.34. The molecule has 0 fully saturated rings. The number of benzene rings is 2. The van der Waals surface area contributed by atoms with Gasteiger partial charge < -0.3 is 16.2 Å².